The summed E-state index contributed by atoms with van der Waals surface area (Å²) in [6.07, 6.45) is 2.65. The van der Waals surface area contributed by atoms with Gasteiger partial charge in [-0.2, -0.15) is 11.3 Å². The van der Waals surface area contributed by atoms with Crippen LogP contribution in [0.5, 0.6) is 0 Å². The Labute approximate surface area is 198 Å². The molecular weight excluding hydrogens is 446 g/mol. The maximum Gasteiger partial charge on any atom is 0.315 e. The summed E-state index contributed by atoms with van der Waals surface area (Å²) < 4.78 is 0. The summed E-state index contributed by atoms with van der Waals surface area (Å²) in [4.78, 5) is 33.0. The minimum atomic E-state index is -0.354. The Bertz CT molecular complexity index is 905. The lowest BCUT2D eigenvalue weighted by Gasteiger charge is -2.40. The van der Waals surface area contributed by atoms with Crippen LogP contribution in [-0.4, -0.2) is 58.4 Å². The van der Waals surface area contributed by atoms with E-state index in [0.717, 1.165) is 43.5 Å². The van der Waals surface area contributed by atoms with Gasteiger partial charge in [0, 0.05) is 38.3 Å². The molecule has 2 aromatic heterocycles. The first kappa shape index (κ1) is 24.5. The second kappa shape index (κ2) is 11.1. The van der Waals surface area contributed by atoms with Crippen LogP contribution in [-0.2, 0) is 6.54 Å². The van der Waals surface area contributed by atoms with Crippen LogP contribution in [0.3, 0.4) is 0 Å². The van der Waals surface area contributed by atoms with E-state index in [9.17, 15) is 9.59 Å². The van der Waals surface area contributed by atoms with Crippen LogP contribution in [0.4, 0.5) is 4.79 Å². The molecule has 1 aliphatic heterocycles. The van der Waals surface area contributed by atoms with E-state index in [0.29, 0.717) is 35.5 Å². The number of halogens is 1. The van der Waals surface area contributed by atoms with Crippen molar-refractivity contribution < 1.29 is 9.59 Å². The number of rotatable bonds is 8. The Morgan fingerprint density at radius 2 is 2.09 bits per heavy atom. The average molecular weight is 478 g/mol. The van der Waals surface area contributed by atoms with Gasteiger partial charge in [-0.1, -0.05) is 11.6 Å². The number of pyridine rings is 1. The van der Waals surface area contributed by atoms with Crippen molar-refractivity contribution in [3.8, 4) is 0 Å². The van der Waals surface area contributed by atoms with Crippen molar-refractivity contribution in [1.82, 2.24) is 20.1 Å². The Morgan fingerprint density at radius 3 is 2.69 bits per heavy atom. The van der Waals surface area contributed by atoms with Crippen molar-refractivity contribution in [3.63, 3.8) is 0 Å². The van der Waals surface area contributed by atoms with Crippen LogP contribution >= 0.6 is 22.9 Å². The first-order valence-electron chi connectivity index (χ1n) is 11.0. The fourth-order valence-electron chi connectivity index (χ4n) is 4.40. The van der Waals surface area contributed by atoms with Gasteiger partial charge < -0.3 is 20.9 Å². The molecular formula is C23H32ClN5O2S. The largest absolute Gasteiger partial charge is 0.352 e. The van der Waals surface area contributed by atoms with Crippen molar-refractivity contribution in [2.24, 2.45) is 5.73 Å². The highest BCUT2D eigenvalue weighted by atomic mass is 35.5. The lowest BCUT2D eigenvalue weighted by Crippen LogP contribution is -2.50. The molecule has 1 saturated heterocycles. The molecule has 0 saturated carbocycles. The van der Waals surface area contributed by atoms with Gasteiger partial charge in [-0.3, -0.25) is 4.79 Å². The highest BCUT2D eigenvalue weighted by Crippen LogP contribution is 2.22. The summed E-state index contributed by atoms with van der Waals surface area (Å²) in [5.74, 6) is -0.111. The van der Waals surface area contributed by atoms with Gasteiger partial charge in [0.2, 0.25) is 0 Å². The van der Waals surface area contributed by atoms with Crippen molar-refractivity contribution in [2.75, 3.05) is 19.6 Å². The topological polar surface area (TPSA) is 91.6 Å². The molecule has 0 unspecified atom stereocenters. The van der Waals surface area contributed by atoms with Gasteiger partial charge >= 0.3 is 6.03 Å². The van der Waals surface area contributed by atoms with E-state index in [1.54, 1.807) is 29.2 Å². The first-order chi connectivity index (χ1) is 15.3. The van der Waals surface area contributed by atoms with Gasteiger partial charge in [-0.05, 0) is 74.1 Å². The average Bonchev–Trinajstić information content (AvgIpc) is 3.24. The third kappa shape index (κ3) is 6.21. The minimum absolute atomic E-state index is 0.111. The molecule has 3 N–H and O–H groups in total. The number of aryl methyl sites for hydroxylation is 2. The first-order valence-corrected chi connectivity index (χ1v) is 12.3. The number of aromatic nitrogens is 1. The highest BCUT2D eigenvalue weighted by Gasteiger charge is 2.28. The Morgan fingerprint density at radius 1 is 1.38 bits per heavy atom. The number of thiophene rings is 1. The molecule has 0 aliphatic carbocycles. The lowest BCUT2D eigenvalue weighted by atomic mass is 10.0. The maximum absolute atomic E-state index is 12.6. The fraction of sp³-hybridized carbons (Fsp3) is 0.522. The van der Waals surface area contributed by atoms with E-state index in [4.69, 9.17) is 17.3 Å². The molecule has 3 heterocycles. The van der Waals surface area contributed by atoms with Crippen LogP contribution in [0.15, 0.2) is 22.9 Å². The minimum Gasteiger partial charge on any atom is -0.352 e. The number of nitrogens with two attached hydrogens (primary N) is 1. The predicted molar refractivity (Wildman–Crippen MR) is 129 cm³/mol. The number of carbonyl (C=O) groups is 2. The number of likely N-dealkylation sites (tertiary alicyclic amines) is 1. The molecule has 0 radical (unpaired) electrons. The number of hydrogen-bond acceptors (Lipinski definition) is 5. The Kier molecular flexibility index (Phi) is 8.51. The van der Waals surface area contributed by atoms with Gasteiger partial charge in [0.25, 0.3) is 5.91 Å². The highest BCUT2D eigenvalue weighted by molar-refractivity contribution is 7.07. The summed E-state index contributed by atoms with van der Waals surface area (Å²) in [5.41, 5.74) is 8.87. The smallest absolute Gasteiger partial charge is 0.315 e. The number of nitrogens with one attached hydrogen (secondary N) is 1. The molecule has 1 aliphatic rings. The molecule has 0 spiro atoms. The number of carbonyl (C=O) groups excluding carboxylic acids is 2. The third-order valence-corrected chi connectivity index (χ3v) is 7.15. The molecule has 7 nitrogen and oxygen atoms in total. The SMILES string of the molecule is Cc1cc(Cl)nc(C)c1C(=O)NCC[C@@H](C)N1CCC(N(Cc2ccsc2)C(N)=O)CC1. The lowest BCUT2D eigenvalue weighted by molar-refractivity contribution is 0.0915. The van der Waals surface area contributed by atoms with Gasteiger partial charge in [0.1, 0.15) is 5.15 Å². The molecule has 174 valence electrons. The summed E-state index contributed by atoms with van der Waals surface area (Å²) >= 11 is 7.59. The van der Waals surface area contributed by atoms with Gasteiger partial charge in [-0.25, -0.2) is 9.78 Å². The van der Waals surface area contributed by atoms with Gasteiger partial charge in [0.15, 0.2) is 0 Å². The fourth-order valence-corrected chi connectivity index (χ4v) is 5.35. The molecule has 1 fully saturated rings. The monoisotopic (exact) mass is 477 g/mol. The number of hydrogen-bond donors (Lipinski definition) is 2. The molecule has 3 rings (SSSR count). The van der Waals surface area contributed by atoms with E-state index < -0.39 is 0 Å². The standard InChI is InChI=1S/C23H32ClN5O2S/c1-15-12-20(24)27-17(3)21(15)22(30)26-8-4-16(2)28-9-5-19(6-10-28)29(23(25)31)13-18-7-11-32-14-18/h7,11-12,14,16,19H,4-6,8-10,13H2,1-3H3,(H2,25,31)(H,26,30)/t16-/m1/s1. The normalized spacial score (nSPS) is 16.0. The number of urea groups is 1. The van der Waals surface area contributed by atoms with E-state index in [1.165, 1.54) is 0 Å². The molecule has 2 aromatic rings. The molecule has 9 heteroatoms. The summed E-state index contributed by atoms with van der Waals surface area (Å²) in [7, 11) is 0. The van der Waals surface area contributed by atoms with Crippen molar-refractivity contribution in [2.45, 2.75) is 58.7 Å². The van der Waals surface area contributed by atoms with Crippen LogP contribution in [0.25, 0.3) is 0 Å². The zero-order valence-corrected chi connectivity index (χ0v) is 20.5. The number of amides is 3. The zero-order valence-electron chi connectivity index (χ0n) is 18.9. The van der Waals surface area contributed by atoms with Crippen molar-refractivity contribution >= 4 is 34.9 Å². The summed E-state index contributed by atoms with van der Waals surface area (Å²) in [5, 5.41) is 7.50. The second-order valence-electron chi connectivity index (χ2n) is 8.48. The predicted octanol–water partition coefficient (Wildman–Crippen LogP) is 3.97. The van der Waals surface area contributed by atoms with Crippen molar-refractivity contribution in [3.05, 3.63) is 50.4 Å². The summed E-state index contributed by atoms with van der Waals surface area (Å²) in [6, 6.07) is 3.89. The summed E-state index contributed by atoms with van der Waals surface area (Å²) in [6.45, 7) is 8.84. The van der Waals surface area contributed by atoms with Gasteiger partial charge in [-0.15, -0.1) is 0 Å². The Balaban J connectivity index is 1.46. The quantitative estimate of drug-likeness (QED) is 0.563. The second-order valence-corrected chi connectivity index (χ2v) is 9.65. The molecule has 3 amide bonds. The molecule has 1 atom stereocenters. The van der Waals surface area contributed by atoms with Crippen molar-refractivity contribution in [1.29, 1.82) is 0 Å². The van der Waals surface area contributed by atoms with E-state index in [-0.39, 0.29) is 18.0 Å². The third-order valence-electron chi connectivity index (χ3n) is 6.22. The molecule has 0 aromatic carbocycles. The molecule has 0 bridgehead atoms. The van der Waals surface area contributed by atoms with Crippen LogP contribution in [0, 0.1) is 13.8 Å². The van der Waals surface area contributed by atoms with E-state index >= 15 is 0 Å². The number of piperidine rings is 1. The van der Waals surface area contributed by atoms with Gasteiger partial charge in [0.05, 0.1) is 11.3 Å². The van der Waals surface area contributed by atoms with E-state index in [2.05, 4.69) is 27.5 Å². The number of primary amides is 1. The zero-order chi connectivity index (χ0) is 23.3. The van der Waals surface area contributed by atoms with E-state index in [1.807, 2.05) is 18.4 Å². The van der Waals surface area contributed by atoms with Crippen LogP contribution < -0.4 is 11.1 Å². The Hall–Kier alpha value is -2.16. The maximum atomic E-state index is 12.6. The number of nitrogens with zero attached hydrogens (tertiary/aromatic N) is 3. The van der Waals surface area contributed by atoms with Crippen LogP contribution in [0.2, 0.25) is 5.15 Å². The molecule has 32 heavy (non-hydrogen) atoms. The van der Waals surface area contributed by atoms with Crippen LogP contribution in [0.1, 0.15) is 53.4 Å².